The number of pyridine rings is 1. The number of nitrogens with zero attached hydrogens (tertiary/aromatic N) is 6. The zero-order valence-electron chi connectivity index (χ0n) is 22.0. The Kier molecular flexibility index (Phi) is 6.04. The largest absolute Gasteiger partial charge is 0.308 e. The minimum absolute atomic E-state index is 0.578. The van der Waals surface area contributed by atoms with E-state index >= 15 is 0 Å². The van der Waals surface area contributed by atoms with Crippen molar-refractivity contribution in [3.8, 4) is 33.6 Å². The van der Waals surface area contributed by atoms with Crippen molar-refractivity contribution in [3.63, 3.8) is 0 Å². The number of aromatic amines is 1. The smallest absolute Gasteiger partial charge is 0.205 e. The average molecular weight is 500 g/mol. The van der Waals surface area contributed by atoms with Crippen molar-refractivity contribution in [2.24, 2.45) is 0 Å². The zero-order valence-corrected chi connectivity index (χ0v) is 22.0. The van der Waals surface area contributed by atoms with E-state index in [-0.39, 0.29) is 0 Å². The molecule has 0 bridgehead atoms. The van der Waals surface area contributed by atoms with Gasteiger partial charge in [-0.2, -0.15) is 5.21 Å². The maximum Gasteiger partial charge on any atom is 0.205 e. The first kappa shape index (κ1) is 23.7. The Morgan fingerprint density at radius 1 is 0.763 bits per heavy atom. The fourth-order valence-electron chi connectivity index (χ4n) is 5.17. The summed E-state index contributed by atoms with van der Waals surface area (Å²) in [4.78, 5) is 9.73. The highest BCUT2D eigenvalue weighted by Gasteiger charge is 2.16. The number of aromatic nitrogens is 7. The summed E-state index contributed by atoms with van der Waals surface area (Å²) in [7, 11) is 0. The van der Waals surface area contributed by atoms with E-state index < -0.39 is 0 Å². The van der Waals surface area contributed by atoms with Gasteiger partial charge in [0.05, 0.1) is 6.54 Å². The second-order valence-electron chi connectivity index (χ2n) is 9.73. The molecular formula is C31H29N7. The van der Waals surface area contributed by atoms with Crippen molar-refractivity contribution >= 4 is 11.2 Å². The molecule has 0 atom stereocenters. The third-order valence-corrected chi connectivity index (χ3v) is 7.08. The van der Waals surface area contributed by atoms with Crippen LogP contribution in [0.2, 0.25) is 0 Å². The highest BCUT2D eigenvalue weighted by molar-refractivity contribution is 5.85. The molecule has 0 saturated carbocycles. The number of nitrogens with one attached hydrogen (secondary N) is 1. The fourth-order valence-corrected chi connectivity index (χ4v) is 5.17. The van der Waals surface area contributed by atoms with E-state index in [1.807, 2.05) is 6.92 Å². The number of rotatable bonds is 6. The maximum absolute atomic E-state index is 4.90. The summed E-state index contributed by atoms with van der Waals surface area (Å²) >= 11 is 0. The first-order valence-corrected chi connectivity index (χ1v) is 12.9. The number of hydrogen-bond donors (Lipinski definition) is 1. The van der Waals surface area contributed by atoms with Crippen LogP contribution < -0.4 is 0 Å². The SMILES string of the molecule is CCc1nc2c(C)cc(C)nc2n1Cc1ccc(-c2cc(-c3ccccc3C)ccc2-c2nn[nH]n2)cc1. The number of benzene rings is 3. The van der Waals surface area contributed by atoms with Crippen LogP contribution in [0.3, 0.4) is 0 Å². The molecule has 6 rings (SSSR count). The van der Waals surface area contributed by atoms with Gasteiger partial charge < -0.3 is 4.57 Å². The molecule has 0 spiro atoms. The molecule has 0 unspecified atom stereocenters. The lowest BCUT2D eigenvalue weighted by molar-refractivity contribution is 0.745. The molecule has 3 heterocycles. The topological polar surface area (TPSA) is 85.2 Å². The molecule has 1 N–H and O–H groups in total. The summed E-state index contributed by atoms with van der Waals surface area (Å²) < 4.78 is 2.24. The lowest BCUT2D eigenvalue weighted by Crippen LogP contribution is -2.05. The normalized spacial score (nSPS) is 11.4. The van der Waals surface area contributed by atoms with E-state index in [0.29, 0.717) is 5.82 Å². The Morgan fingerprint density at radius 3 is 2.29 bits per heavy atom. The van der Waals surface area contributed by atoms with Gasteiger partial charge in [0.15, 0.2) is 5.65 Å². The molecule has 0 saturated heterocycles. The molecule has 0 aliphatic carbocycles. The van der Waals surface area contributed by atoms with Gasteiger partial charge in [-0.05, 0) is 83.1 Å². The van der Waals surface area contributed by atoms with Crippen LogP contribution in [-0.4, -0.2) is 35.2 Å². The molecule has 7 heteroatoms. The summed E-state index contributed by atoms with van der Waals surface area (Å²) in [5, 5.41) is 14.9. The minimum Gasteiger partial charge on any atom is -0.308 e. The van der Waals surface area contributed by atoms with E-state index in [2.05, 4.69) is 119 Å². The van der Waals surface area contributed by atoms with Gasteiger partial charge in [0, 0.05) is 17.7 Å². The lowest BCUT2D eigenvalue weighted by Gasteiger charge is -2.13. The van der Waals surface area contributed by atoms with Crippen LogP contribution in [0.4, 0.5) is 0 Å². The maximum atomic E-state index is 4.90. The molecule has 0 radical (unpaired) electrons. The van der Waals surface area contributed by atoms with Crippen molar-refractivity contribution < 1.29 is 0 Å². The van der Waals surface area contributed by atoms with Crippen LogP contribution in [0.5, 0.6) is 0 Å². The van der Waals surface area contributed by atoms with Crippen molar-refractivity contribution in [3.05, 3.63) is 101 Å². The number of imidazole rings is 1. The summed E-state index contributed by atoms with van der Waals surface area (Å²) in [6.07, 6.45) is 0.854. The molecule has 3 aromatic heterocycles. The molecule has 3 aromatic carbocycles. The number of hydrogen-bond acceptors (Lipinski definition) is 5. The molecular weight excluding hydrogens is 470 g/mol. The van der Waals surface area contributed by atoms with Crippen LogP contribution in [0.15, 0.2) is 72.8 Å². The van der Waals surface area contributed by atoms with Crippen LogP contribution in [0, 0.1) is 20.8 Å². The Bertz CT molecular complexity index is 1750. The van der Waals surface area contributed by atoms with Gasteiger partial charge in [0.2, 0.25) is 5.82 Å². The molecule has 188 valence electrons. The summed E-state index contributed by atoms with van der Waals surface area (Å²) in [6, 6.07) is 25.7. The lowest BCUT2D eigenvalue weighted by atomic mass is 9.92. The Morgan fingerprint density at radius 2 is 1.55 bits per heavy atom. The van der Waals surface area contributed by atoms with Crippen LogP contribution in [-0.2, 0) is 13.0 Å². The third kappa shape index (κ3) is 4.26. The highest BCUT2D eigenvalue weighted by atomic mass is 15.5. The van der Waals surface area contributed by atoms with E-state index in [9.17, 15) is 0 Å². The average Bonchev–Trinajstić information content (AvgIpc) is 3.58. The molecule has 0 fully saturated rings. The monoisotopic (exact) mass is 499 g/mol. The Hall–Kier alpha value is -4.65. The number of tetrazole rings is 1. The van der Waals surface area contributed by atoms with Gasteiger partial charge >= 0.3 is 0 Å². The molecule has 0 amide bonds. The van der Waals surface area contributed by atoms with Crippen LogP contribution in [0.25, 0.3) is 44.8 Å². The van der Waals surface area contributed by atoms with Crippen LogP contribution in [0.1, 0.15) is 35.1 Å². The Labute approximate surface area is 221 Å². The van der Waals surface area contributed by atoms with Gasteiger partial charge in [-0.15, -0.1) is 10.2 Å². The molecule has 38 heavy (non-hydrogen) atoms. The predicted octanol–water partition coefficient (Wildman–Crippen LogP) is 6.48. The summed E-state index contributed by atoms with van der Waals surface area (Å²) in [5.41, 5.74) is 12.0. The second kappa shape index (κ2) is 9.67. The van der Waals surface area contributed by atoms with E-state index in [0.717, 1.165) is 57.9 Å². The van der Waals surface area contributed by atoms with Gasteiger partial charge in [0.1, 0.15) is 11.3 Å². The molecule has 6 aromatic rings. The summed E-state index contributed by atoms with van der Waals surface area (Å²) in [5.74, 6) is 1.63. The number of aryl methyl sites for hydroxylation is 4. The van der Waals surface area contributed by atoms with E-state index in [1.54, 1.807) is 0 Å². The molecule has 0 aliphatic rings. The van der Waals surface area contributed by atoms with Gasteiger partial charge in [0.25, 0.3) is 0 Å². The molecule has 0 aliphatic heterocycles. The van der Waals surface area contributed by atoms with E-state index in [1.165, 1.54) is 22.3 Å². The van der Waals surface area contributed by atoms with Crippen molar-refractivity contribution in [2.75, 3.05) is 0 Å². The van der Waals surface area contributed by atoms with E-state index in [4.69, 9.17) is 9.97 Å². The standard InChI is InChI=1S/C31H29N7/c1-5-28-33-29-20(3)16-21(4)32-31(29)38(28)18-22-10-12-23(13-11-22)27-17-24(25-9-7-6-8-19(25)2)14-15-26(27)30-34-36-37-35-30/h6-17H,5,18H2,1-4H3,(H,34,35,36,37). The van der Waals surface area contributed by atoms with Gasteiger partial charge in [-0.25, -0.2) is 9.97 Å². The van der Waals surface area contributed by atoms with Crippen molar-refractivity contribution in [2.45, 2.75) is 40.7 Å². The predicted molar refractivity (Wildman–Crippen MR) is 151 cm³/mol. The zero-order chi connectivity index (χ0) is 26.2. The Balaban J connectivity index is 1.40. The van der Waals surface area contributed by atoms with Crippen molar-refractivity contribution in [1.29, 1.82) is 0 Å². The first-order chi connectivity index (χ1) is 18.5. The third-order valence-electron chi connectivity index (χ3n) is 7.08. The van der Waals surface area contributed by atoms with Crippen LogP contribution >= 0.6 is 0 Å². The van der Waals surface area contributed by atoms with Gasteiger partial charge in [-0.1, -0.05) is 61.5 Å². The van der Waals surface area contributed by atoms with Crippen molar-refractivity contribution in [1.82, 2.24) is 35.2 Å². The van der Waals surface area contributed by atoms with Gasteiger partial charge in [-0.3, -0.25) is 0 Å². The fraction of sp³-hybridized carbons (Fsp3) is 0.194. The quantitative estimate of drug-likeness (QED) is 0.283. The highest BCUT2D eigenvalue weighted by Crippen LogP contribution is 2.35. The first-order valence-electron chi connectivity index (χ1n) is 12.9. The molecule has 7 nitrogen and oxygen atoms in total. The number of fused-ring (bicyclic) bond motifs is 1. The second-order valence-corrected chi connectivity index (χ2v) is 9.73. The minimum atomic E-state index is 0.578. The summed E-state index contributed by atoms with van der Waals surface area (Å²) in [6.45, 7) is 9.14. The number of H-pyrrole nitrogens is 1.